The second-order valence-corrected chi connectivity index (χ2v) is 5.27. The van der Waals surface area contributed by atoms with Crippen LogP contribution in [0.5, 0.6) is 0 Å². The zero-order valence-electron chi connectivity index (χ0n) is 11.3. The van der Waals surface area contributed by atoms with E-state index in [1.54, 1.807) is 0 Å². The van der Waals surface area contributed by atoms with E-state index in [2.05, 4.69) is 0 Å². The molecule has 0 aromatic heterocycles. The van der Waals surface area contributed by atoms with Crippen molar-refractivity contribution in [2.75, 3.05) is 19.6 Å². The smallest absolute Gasteiger partial charge is 0.332 e. The SMILES string of the molecule is NCCN(CC(F)(F)F)C(=O)C1CCCC(C(F)(F)F)C1. The van der Waals surface area contributed by atoms with Crippen molar-refractivity contribution in [3.8, 4) is 0 Å². The lowest BCUT2D eigenvalue weighted by atomic mass is 9.80. The van der Waals surface area contributed by atoms with Gasteiger partial charge in [-0.1, -0.05) is 6.42 Å². The standard InChI is InChI=1S/C12H18F6N2O/c13-11(14,15)7-20(5-4-19)10(21)8-2-1-3-9(6-8)12(16,17)18/h8-9H,1-7,19H2. The van der Waals surface area contributed by atoms with Crippen LogP contribution in [-0.2, 0) is 4.79 Å². The molecule has 1 fully saturated rings. The number of hydrogen-bond donors (Lipinski definition) is 1. The van der Waals surface area contributed by atoms with E-state index in [1.165, 1.54) is 0 Å². The van der Waals surface area contributed by atoms with Crippen LogP contribution in [0, 0.1) is 11.8 Å². The molecule has 0 heterocycles. The fraction of sp³-hybridized carbons (Fsp3) is 0.917. The average molecular weight is 320 g/mol. The van der Waals surface area contributed by atoms with Gasteiger partial charge in [-0.25, -0.2) is 0 Å². The second-order valence-electron chi connectivity index (χ2n) is 5.27. The zero-order valence-corrected chi connectivity index (χ0v) is 11.3. The van der Waals surface area contributed by atoms with Gasteiger partial charge in [-0.2, -0.15) is 26.3 Å². The molecule has 0 bridgehead atoms. The summed E-state index contributed by atoms with van der Waals surface area (Å²) in [5.74, 6) is -3.52. The van der Waals surface area contributed by atoms with E-state index in [4.69, 9.17) is 5.73 Å². The Balaban J connectivity index is 2.74. The van der Waals surface area contributed by atoms with Crippen LogP contribution in [0.25, 0.3) is 0 Å². The largest absolute Gasteiger partial charge is 0.406 e. The fourth-order valence-electron chi connectivity index (χ4n) is 2.61. The van der Waals surface area contributed by atoms with Crippen LogP contribution < -0.4 is 5.73 Å². The third-order valence-corrected chi connectivity index (χ3v) is 3.57. The van der Waals surface area contributed by atoms with Gasteiger partial charge in [-0.05, 0) is 19.3 Å². The van der Waals surface area contributed by atoms with Crippen LogP contribution in [0.15, 0.2) is 0 Å². The number of carbonyl (C=O) groups excluding carboxylic acids is 1. The van der Waals surface area contributed by atoms with Crippen molar-refractivity contribution in [3.63, 3.8) is 0 Å². The van der Waals surface area contributed by atoms with Crippen LogP contribution >= 0.6 is 0 Å². The van der Waals surface area contributed by atoms with Crippen molar-refractivity contribution in [1.82, 2.24) is 4.90 Å². The minimum Gasteiger partial charge on any atom is -0.332 e. The molecular formula is C12H18F6N2O. The van der Waals surface area contributed by atoms with Crippen LogP contribution in [0.4, 0.5) is 26.3 Å². The molecule has 9 heteroatoms. The molecule has 2 unspecified atom stereocenters. The first-order valence-corrected chi connectivity index (χ1v) is 6.67. The molecule has 0 radical (unpaired) electrons. The predicted molar refractivity (Wildman–Crippen MR) is 63.2 cm³/mol. The van der Waals surface area contributed by atoms with Gasteiger partial charge in [0.05, 0.1) is 5.92 Å². The van der Waals surface area contributed by atoms with E-state index >= 15 is 0 Å². The van der Waals surface area contributed by atoms with E-state index in [-0.39, 0.29) is 32.4 Å². The Morgan fingerprint density at radius 3 is 2.24 bits per heavy atom. The number of hydrogen-bond acceptors (Lipinski definition) is 2. The van der Waals surface area contributed by atoms with Gasteiger partial charge in [0.25, 0.3) is 0 Å². The van der Waals surface area contributed by atoms with E-state index in [0.29, 0.717) is 4.90 Å². The maximum absolute atomic E-state index is 12.7. The summed E-state index contributed by atoms with van der Waals surface area (Å²) in [5.41, 5.74) is 5.17. The van der Waals surface area contributed by atoms with Crippen LogP contribution in [0.1, 0.15) is 25.7 Å². The highest BCUT2D eigenvalue weighted by Crippen LogP contribution is 2.40. The van der Waals surface area contributed by atoms with Crippen molar-refractivity contribution in [1.29, 1.82) is 0 Å². The first-order chi connectivity index (χ1) is 9.54. The Bertz CT molecular complexity index is 355. The Hall–Kier alpha value is -0.990. The van der Waals surface area contributed by atoms with Gasteiger partial charge in [-0.3, -0.25) is 4.79 Å². The van der Waals surface area contributed by atoms with Gasteiger partial charge in [0.2, 0.25) is 5.91 Å². The summed E-state index contributed by atoms with van der Waals surface area (Å²) in [6.07, 6.45) is -9.16. The molecule has 0 spiro atoms. The Morgan fingerprint density at radius 1 is 1.14 bits per heavy atom. The quantitative estimate of drug-likeness (QED) is 0.810. The van der Waals surface area contributed by atoms with Gasteiger partial charge < -0.3 is 10.6 Å². The number of nitrogens with zero attached hydrogens (tertiary/aromatic N) is 1. The normalized spacial score (nSPS) is 24.0. The van der Waals surface area contributed by atoms with Crippen LogP contribution in [-0.4, -0.2) is 42.8 Å². The summed E-state index contributed by atoms with van der Waals surface area (Å²) >= 11 is 0. The summed E-state index contributed by atoms with van der Waals surface area (Å²) in [5, 5.41) is 0. The topological polar surface area (TPSA) is 46.3 Å². The molecule has 2 N–H and O–H groups in total. The summed E-state index contributed by atoms with van der Waals surface area (Å²) in [6.45, 7) is -1.96. The van der Waals surface area contributed by atoms with Crippen LogP contribution in [0.3, 0.4) is 0 Å². The van der Waals surface area contributed by atoms with E-state index in [1.807, 2.05) is 0 Å². The molecule has 124 valence electrons. The fourth-order valence-corrected chi connectivity index (χ4v) is 2.61. The predicted octanol–water partition coefficient (Wildman–Crippen LogP) is 2.70. The van der Waals surface area contributed by atoms with Crippen molar-refractivity contribution in [2.45, 2.75) is 38.0 Å². The number of halogens is 6. The van der Waals surface area contributed by atoms with E-state index in [0.717, 1.165) is 0 Å². The Kier molecular flexibility index (Phi) is 5.89. The molecule has 1 saturated carbocycles. The number of rotatable bonds is 4. The highest BCUT2D eigenvalue weighted by molar-refractivity contribution is 5.79. The summed E-state index contributed by atoms with van der Waals surface area (Å²) < 4.78 is 75.2. The minimum atomic E-state index is -4.59. The van der Waals surface area contributed by atoms with Crippen molar-refractivity contribution >= 4 is 5.91 Å². The van der Waals surface area contributed by atoms with Crippen molar-refractivity contribution < 1.29 is 31.1 Å². The molecule has 1 rings (SSSR count). The maximum Gasteiger partial charge on any atom is 0.406 e. The number of alkyl halides is 6. The van der Waals surface area contributed by atoms with Gasteiger partial charge in [-0.15, -0.1) is 0 Å². The van der Waals surface area contributed by atoms with E-state index < -0.39 is 43.1 Å². The number of nitrogens with two attached hydrogens (primary N) is 1. The highest BCUT2D eigenvalue weighted by Gasteiger charge is 2.45. The molecule has 0 saturated heterocycles. The lowest BCUT2D eigenvalue weighted by Gasteiger charge is -2.33. The third kappa shape index (κ3) is 5.72. The molecule has 0 aromatic carbocycles. The first-order valence-electron chi connectivity index (χ1n) is 6.67. The van der Waals surface area contributed by atoms with Gasteiger partial charge in [0.1, 0.15) is 6.54 Å². The molecule has 2 atom stereocenters. The molecule has 3 nitrogen and oxygen atoms in total. The maximum atomic E-state index is 12.7. The zero-order chi connectivity index (χ0) is 16.3. The number of amides is 1. The van der Waals surface area contributed by atoms with Crippen molar-refractivity contribution in [3.05, 3.63) is 0 Å². The van der Waals surface area contributed by atoms with Crippen LogP contribution in [0.2, 0.25) is 0 Å². The lowest BCUT2D eigenvalue weighted by molar-refractivity contribution is -0.189. The van der Waals surface area contributed by atoms with E-state index in [9.17, 15) is 31.1 Å². The monoisotopic (exact) mass is 320 g/mol. The second kappa shape index (κ2) is 6.85. The molecule has 21 heavy (non-hydrogen) atoms. The minimum absolute atomic E-state index is 0.0799. The summed E-state index contributed by atoms with van der Waals surface area (Å²) in [4.78, 5) is 12.6. The van der Waals surface area contributed by atoms with Gasteiger partial charge in [0, 0.05) is 19.0 Å². The Labute approximate surface area is 118 Å². The summed E-state index contributed by atoms with van der Waals surface area (Å²) in [6, 6.07) is 0. The molecule has 1 aliphatic carbocycles. The third-order valence-electron chi connectivity index (χ3n) is 3.57. The average Bonchev–Trinajstić information content (AvgIpc) is 2.35. The van der Waals surface area contributed by atoms with Gasteiger partial charge >= 0.3 is 12.4 Å². The first kappa shape index (κ1) is 18.1. The van der Waals surface area contributed by atoms with Gasteiger partial charge in [0.15, 0.2) is 0 Å². The molecule has 1 aliphatic rings. The Morgan fingerprint density at radius 2 is 1.76 bits per heavy atom. The lowest BCUT2D eigenvalue weighted by Crippen LogP contribution is -2.46. The number of carbonyl (C=O) groups is 1. The summed E-state index contributed by atoms with van der Waals surface area (Å²) in [7, 11) is 0. The molecule has 0 aromatic rings. The van der Waals surface area contributed by atoms with Crippen molar-refractivity contribution in [2.24, 2.45) is 17.6 Å². The highest BCUT2D eigenvalue weighted by atomic mass is 19.4. The molecule has 0 aliphatic heterocycles. The molecular weight excluding hydrogens is 302 g/mol. The molecule has 1 amide bonds.